The molecule has 0 amide bonds. The van der Waals surface area contributed by atoms with E-state index in [0.717, 1.165) is 6.92 Å². The number of benzene rings is 1. The van der Waals surface area contributed by atoms with Gasteiger partial charge >= 0.3 is 6.18 Å². The van der Waals surface area contributed by atoms with Crippen LogP contribution in [0.3, 0.4) is 0 Å². The van der Waals surface area contributed by atoms with Crippen LogP contribution in [0.15, 0.2) is 35.4 Å². The van der Waals surface area contributed by atoms with Gasteiger partial charge in [0.15, 0.2) is 0 Å². The second-order valence-corrected chi connectivity index (χ2v) is 2.67. The van der Waals surface area contributed by atoms with Gasteiger partial charge in [0.05, 0.1) is 5.69 Å². The van der Waals surface area contributed by atoms with Crippen LogP contribution in [-0.2, 0) is 0 Å². The second kappa shape index (κ2) is 4.13. The molecule has 2 nitrogen and oxygen atoms in total. The molecule has 0 aliphatic heterocycles. The fourth-order valence-electron chi connectivity index (χ4n) is 0.724. The van der Waals surface area contributed by atoms with E-state index in [-0.39, 0.29) is 0 Å². The summed E-state index contributed by atoms with van der Waals surface area (Å²) in [5, 5.41) is 3.21. The SMILES string of the molecule is C/C(=N/Nc1ccccc1)C(F)(F)F. The lowest BCUT2D eigenvalue weighted by Gasteiger charge is -2.05. The van der Waals surface area contributed by atoms with E-state index in [1.54, 1.807) is 30.3 Å². The van der Waals surface area contributed by atoms with E-state index < -0.39 is 11.9 Å². The lowest BCUT2D eigenvalue weighted by atomic mass is 10.3. The van der Waals surface area contributed by atoms with Crippen LogP contribution in [-0.4, -0.2) is 11.9 Å². The largest absolute Gasteiger partial charge is 0.430 e. The van der Waals surface area contributed by atoms with Gasteiger partial charge in [-0.3, -0.25) is 5.43 Å². The zero-order chi connectivity index (χ0) is 10.6. The molecule has 0 spiro atoms. The summed E-state index contributed by atoms with van der Waals surface area (Å²) in [4.78, 5) is 0. The molecular formula is C9H9F3N2. The number of para-hydroxylation sites is 1. The Morgan fingerprint density at radius 1 is 1.21 bits per heavy atom. The Kier molecular flexibility index (Phi) is 3.11. The summed E-state index contributed by atoms with van der Waals surface area (Å²) in [6.07, 6.45) is -4.37. The van der Waals surface area contributed by atoms with Gasteiger partial charge in [-0.25, -0.2) is 0 Å². The molecule has 0 bridgehead atoms. The first kappa shape index (κ1) is 10.6. The molecule has 0 aliphatic carbocycles. The summed E-state index contributed by atoms with van der Waals surface area (Å²) in [5.41, 5.74) is 1.94. The predicted molar refractivity (Wildman–Crippen MR) is 49.2 cm³/mol. The molecule has 14 heavy (non-hydrogen) atoms. The van der Waals surface area contributed by atoms with Crippen molar-refractivity contribution >= 4 is 11.4 Å². The van der Waals surface area contributed by atoms with Gasteiger partial charge < -0.3 is 0 Å². The van der Waals surface area contributed by atoms with Crippen molar-refractivity contribution in [3.8, 4) is 0 Å². The zero-order valence-electron chi connectivity index (χ0n) is 7.47. The fourth-order valence-corrected chi connectivity index (χ4v) is 0.724. The fraction of sp³-hybridized carbons (Fsp3) is 0.222. The summed E-state index contributed by atoms with van der Waals surface area (Å²) in [7, 11) is 0. The lowest BCUT2D eigenvalue weighted by Crippen LogP contribution is -2.20. The van der Waals surface area contributed by atoms with E-state index in [1.807, 2.05) is 0 Å². The maximum absolute atomic E-state index is 12.0. The molecular weight excluding hydrogens is 193 g/mol. The van der Waals surface area contributed by atoms with Gasteiger partial charge in [-0.2, -0.15) is 18.3 Å². The van der Waals surface area contributed by atoms with Gasteiger partial charge in [-0.15, -0.1) is 0 Å². The number of rotatable bonds is 2. The number of hydrazone groups is 1. The van der Waals surface area contributed by atoms with Crippen LogP contribution >= 0.6 is 0 Å². The van der Waals surface area contributed by atoms with Crippen molar-refractivity contribution < 1.29 is 13.2 Å². The minimum atomic E-state index is -4.37. The van der Waals surface area contributed by atoms with Crippen LogP contribution in [0.1, 0.15) is 6.92 Å². The molecule has 0 heterocycles. The standard InChI is InChI=1S/C9H9F3N2/c1-7(9(10,11)12)13-14-8-5-3-2-4-6-8/h2-6,14H,1H3/b13-7-. The Morgan fingerprint density at radius 3 is 2.29 bits per heavy atom. The molecule has 0 atom stereocenters. The highest BCUT2D eigenvalue weighted by molar-refractivity contribution is 5.87. The number of nitrogens with one attached hydrogen (secondary N) is 1. The highest BCUT2D eigenvalue weighted by Gasteiger charge is 2.32. The number of nitrogens with zero attached hydrogens (tertiary/aromatic N) is 1. The topological polar surface area (TPSA) is 24.4 Å². The smallest absolute Gasteiger partial charge is 0.278 e. The Hall–Kier alpha value is -1.52. The van der Waals surface area contributed by atoms with Crippen LogP contribution in [0.4, 0.5) is 18.9 Å². The number of halogens is 3. The molecule has 1 N–H and O–H groups in total. The molecule has 1 aromatic carbocycles. The van der Waals surface area contributed by atoms with E-state index in [2.05, 4.69) is 10.5 Å². The van der Waals surface area contributed by atoms with Crippen LogP contribution in [0.2, 0.25) is 0 Å². The molecule has 0 radical (unpaired) electrons. The lowest BCUT2D eigenvalue weighted by molar-refractivity contribution is -0.0592. The third-order valence-corrected chi connectivity index (χ3v) is 1.54. The highest BCUT2D eigenvalue weighted by Crippen LogP contribution is 2.17. The Labute approximate surface area is 79.4 Å². The maximum Gasteiger partial charge on any atom is 0.430 e. The average molecular weight is 202 g/mol. The van der Waals surface area contributed by atoms with Crippen LogP contribution in [0, 0.1) is 0 Å². The van der Waals surface area contributed by atoms with E-state index in [4.69, 9.17) is 0 Å². The summed E-state index contributed by atoms with van der Waals surface area (Å²) in [5.74, 6) is 0. The molecule has 1 aromatic rings. The molecule has 0 saturated heterocycles. The van der Waals surface area contributed by atoms with Gasteiger partial charge in [0, 0.05) is 0 Å². The summed E-state index contributed by atoms with van der Waals surface area (Å²) in [6.45, 7) is 0.913. The van der Waals surface area contributed by atoms with Crippen molar-refractivity contribution in [2.45, 2.75) is 13.1 Å². The van der Waals surface area contributed by atoms with Crippen LogP contribution in [0.25, 0.3) is 0 Å². The summed E-state index contributed by atoms with van der Waals surface area (Å²) in [6, 6.07) is 8.45. The van der Waals surface area contributed by atoms with Crippen LogP contribution in [0.5, 0.6) is 0 Å². The molecule has 0 aliphatic rings. The zero-order valence-corrected chi connectivity index (χ0v) is 7.47. The number of alkyl halides is 3. The normalized spacial score (nSPS) is 12.7. The Bertz CT molecular complexity index is 317. The predicted octanol–water partition coefficient (Wildman–Crippen LogP) is 3.04. The first-order chi connectivity index (χ1) is 6.50. The monoisotopic (exact) mass is 202 g/mol. The van der Waals surface area contributed by atoms with E-state index in [9.17, 15) is 13.2 Å². The minimum Gasteiger partial charge on any atom is -0.278 e. The number of hydrogen-bond donors (Lipinski definition) is 1. The molecule has 76 valence electrons. The van der Waals surface area contributed by atoms with Gasteiger partial charge in [0.25, 0.3) is 0 Å². The summed E-state index contributed by atoms with van der Waals surface area (Å²) >= 11 is 0. The van der Waals surface area contributed by atoms with Crippen molar-refractivity contribution in [3.63, 3.8) is 0 Å². The number of hydrogen-bond acceptors (Lipinski definition) is 2. The first-order valence-electron chi connectivity index (χ1n) is 3.92. The van der Waals surface area contributed by atoms with E-state index >= 15 is 0 Å². The molecule has 0 aromatic heterocycles. The van der Waals surface area contributed by atoms with Gasteiger partial charge in [-0.1, -0.05) is 18.2 Å². The Morgan fingerprint density at radius 2 is 1.79 bits per heavy atom. The first-order valence-corrected chi connectivity index (χ1v) is 3.92. The van der Waals surface area contributed by atoms with E-state index in [0.29, 0.717) is 5.69 Å². The summed E-state index contributed by atoms with van der Waals surface area (Å²) < 4.78 is 35.9. The van der Waals surface area contributed by atoms with Crippen LogP contribution < -0.4 is 5.43 Å². The second-order valence-electron chi connectivity index (χ2n) is 2.67. The molecule has 0 saturated carbocycles. The minimum absolute atomic E-state index is 0.524. The van der Waals surface area contributed by atoms with Gasteiger partial charge in [0.1, 0.15) is 5.71 Å². The molecule has 0 unspecified atom stereocenters. The highest BCUT2D eigenvalue weighted by atomic mass is 19.4. The average Bonchev–Trinajstić information content (AvgIpc) is 2.14. The number of anilines is 1. The van der Waals surface area contributed by atoms with Gasteiger partial charge in [0.2, 0.25) is 0 Å². The van der Waals surface area contributed by atoms with Gasteiger partial charge in [-0.05, 0) is 19.1 Å². The van der Waals surface area contributed by atoms with Crippen molar-refractivity contribution in [1.29, 1.82) is 0 Å². The Balaban J connectivity index is 2.65. The molecule has 1 rings (SSSR count). The quantitative estimate of drug-likeness (QED) is 0.578. The molecule has 5 heteroatoms. The molecule has 0 fully saturated rings. The van der Waals surface area contributed by atoms with Crippen molar-refractivity contribution in [1.82, 2.24) is 0 Å². The third kappa shape index (κ3) is 3.08. The van der Waals surface area contributed by atoms with Crippen molar-refractivity contribution in [2.75, 3.05) is 5.43 Å². The maximum atomic E-state index is 12.0. The van der Waals surface area contributed by atoms with E-state index in [1.165, 1.54) is 0 Å². The third-order valence-electron chi connectivity index (χ3n) is 1.54. The van der Waals surface area contributed by atoms with Crippen molar-refractivity contribution in [2.24, 2.45) is 5.10 Å². The van der Waals surface area contributed by atoms with Crippen molar-refractivity contribution in [3.05, 3.63) is 30.3 Å².